The Bertz CT molecular complexity index is 562. The Labute approximate surface area is 113 Å². The first-order chi connectivity index (χ1) is 8.06. The Balaban J connectivity index is 2.15. The molecule has 4 heteroatoms. The zero-order valence-corrected chi connectivity index (χ0v) is 12.0. The lowest BCUT2D eigenvalue weighted by Crippen LogP contribution is -2.10. The summed E-state index contributed by atoms with van der Waals surface area (Å²) in [6.07, 6.45) is 0. The molecular weight excluding hydrogens is 298 g/mol. The second-order valence-corrected chi connectivity index (χ2v) is 5.97. The molecule has 0 spiro atoms. The maximum Gasteiger partial charge on any atom is 0.265 e. The van der Waals surface area contributed by atoms with Crippen molar-refractivity contribution in [3.05, 3.63) is 50.1 Å². The first-order valence-electron chi connectivity index (χ1n) is 5.20. The van der Waals surface area contributed by atoms with E-state index in [2.05, 4.69) is 21.2 Å². The number of carbonyl (C=O) groups excluding carboxylic acids is 1. The van der Waals surface area contributed by atoms with Gasteiger partial charge >= 0.3 is 0 Å². The van der Waals surface area contributed by atoms with E-state index in [-0.39, 0.29) is 5.91 Å². The van der Waals surface area contributed by atoms with Crippen LogP contribution in [0.5, 0.6) is 0 Å². The van der Waals surface area contributed by atoms with Gasteiger partial charge in [-0.05, 0) is 49.7 Å². The molecule has 1 heterocycles. The van der Waals surface area contributed by atoms with Gasteiger partial charge in [0.05, 0.1) is 4.88 Å². The first-order valence-corrected chi connectivity index (χ1v) is 6.81. The summed E-state index contributed by atoms with van der Waals surface area (Å²) in [5.74, 6) is -0.0511. The molecule has 2 aromatic rings. The van der Waals surface area contributed by atoms with E-state index in [9.17, 15) is 4.79 Å². The summed E-state index contributed by atoms with van der Waals surface area (Å²) in [6, 6.07) is 9.57. The van der Waals surface area contributed by atoms with Crippen LogP contribution >= 0.6 is 27.3 Å². The number of amides is 1. The number of thiophene rings is 1. The van der Waals surface area contributed by atoms with Gasteiger partial charge in [-0.3, -0.25) is 4.79 Å². The quantitative estimate of drug-likeness (QED) is 0.876. The molecule has 2 rings (SSSR count). The third-order valence-corrected chi connectivity index (χ3v) is 4.27. The number of hydrogen-bond donors (Lipinski definition) is 1. The molecule has 1 aromatic carbocycles. The Morgan fingerprint density at radius 2 is 2.00 bits per heavy atom. The largest absolute Gasteiger partial charge is 0.321 e. The monoisotopic (exact) mass is 309 g/mol. The van der Waals surface area contributed by atoms with Gasteiger partial charge in [0.1, 0.15) is 0 Å². The van der Waals surface area contributed by atoms with E-state index in [1.165, 1.54) is 11.3 Å². The van der Waals surface area contributed by atoms with Crippen molar-refractivity contribution in [1.82, 2.24) is 0 Å². The van der Waals surface area contributed by atoms with Crippen LogP contribution in [-0.2, 0) is 0 Å². The Kier molecular flexibility index (Phi) is 3.64. The number of benzene rings is 1. The number of carbonyl (C=O) groups is 1. The molecule has 1 amide bonds. The molecule has 0 unspecified atom stereocenters. The van der Waals surface area contributed by atoms with Gasteiger partial charge in [-0.2, -0.15) is 0 Å². The topological polar surface area (TPSA) is 29.1 Å². The lowest BCUT2D eigenvalue weighted by molar-refractivity contribution is 0.103. The molecule has 0 fully saturated rings. The van der Waals surface area contributed by atoms with Crippen LogP contribution < -0.4 is 5.32 Å². The molecule has 0 radical (unpaired) electrons. The summed E-state index contributed by atoms with van der Waals surface area (Å²) in [7, 11) is 0. The van der Waals surface area contributed by atoms with E-state index in [0.717, 1.165) is 25.5 Å². The van der Waals surface area contributed by atoms with E-state index in [4.69, 9.17) is 0 Å². The van der Waals surface area contributed by atoms with E-state index in [0.29, 0.717) is 0 Å². The molecule has 0 bridgehead atoms. The first kappa shape index (κ1) is 12.3. The van der Waals surface area contributed by atoms with E-state index in [1.807, 2.05) is 44.2 Å². The second-order valence-electron chi connectivity index (χ2n) is 3.83. The molecule has 1 N–H and O–H groups in total. The fourth-order valence-electron chi connectivity index (χ4n) is 1.47. The SMILES string of the molecule is Cc1ccc(C(=O)Nc2ccc(Br)c(C)c2)s1. The lowest BCUT2D eigenvalue weighted by Gasteiger charge is -2.05. The van der Waals surface area contributed by atoms with Crippen LogP contribution in [0.15, 0.2) is 34.8 Å². The number of aryl methyl sites for hydroxylation is 2. The molecule has 17 heavy (non-hydrogen) atoms. The minimum Gasteiger partial charge on any atom is -0.321 e. The van der Waals surface area contributed by atoms with Gasteiger partial charge in [0.25, 0.3) is 5.91 Å². The van der Waals surface area contributed by atoms with Gasteiger partial charge in [0.15, 0.2) is 0 Å². The van der Waals surface area contributed by atoms with E-state index < -0.39 is 0 Å². The molecular formula is C13H12BrNOS. The van der Waals surface area contributed by atoms with Crippen molar-refractivity contribution < 1.29 is 4.79 Å². The predicted octanol–water partition coefficient (Wildman–Crippen LogP) is 4.38. The van der Waals surface area contributed by atoms with Crippen molar-refractivity contribution in [2.75, 3.05) is 5.32 Å². The fourth-order valence-corrected chi connectivity index (χ4v) is 2.48. The van der Waals surface area contributed by atoms with Crippen molar-refractivity contribution >= 4 is 38.9 Å². The molecule has 1 aromatic heterocycles. The van der Waals surface area contributed by atoms with E-state index in [1.54, 1.807) is 0 Å². The maximum atomic E-state index is 11.9. The van der Waals surface area contributed by atoms with Gasteiger partial charge in [-0.15, -0.1) is 11.3 Å². The van der Waals surface area contributed by atoms with Crippen LogP contribution in [0, 0.1) is 13.8 Å². The van der Waals surface area contributed by atoms with Gasteiger partial charge in [-0.25, -0.2) is 0 Å². The lowest BCUT2D eigenvalue weighted by atomic mass is 10.2. The molecule has 0 aliphatic rings. The summed E-state index contributed by atoms with van der Waals surface area (Å²) in [5.41, 5.74) is 1.92. The average Bonchev–Trinajstić information content (AvgIpc) is 2.70. The van der Waals surface area contributed by atoms with Crippen LogP contribution in [0.3, 0.4) is 0 Å². The van der Waals surface area contributed by atoms with Crippen LogP contribution in [0.25, 0.3) is 0 Å². The highest BCUT2D eigenvalue weighted by molar-refractivity contribution is 9.10. The normalized spacial score (nSPS) is 10.3. The van der Waals surface area contributed by atoms with Gasteiger partial charge in [-0.1, -0.05) is 15.9 Å². The average molecular weight is 310 g/mol. The molecule has 0 atom stereocenters. The number of nitrogens with one attached hydrogen (secondary N) is 1. The highest BCUT2D eigenvalue weighted by Gasteiger charge is 2.08. The Morgan fingerprint density at radius 1 is 1.24 bits per heavy atom. The molecule has 0 aliphatic carbocycles. The van der Waals surface area contributed by atoms with Crippen LogP contribution in [-0.4, -0.2) is 5.91 Å². The highest BCUT2D eigenvalue weighted by atomic mass is 79.9. The number of anilines is 1. The van der Waals surface area contributed by atoms with Gasteiger partial charge in [0, 0.05) is 15.0 Å². The van der Waals surface area contributed by atoms with Crippen molar-refractivity contribution in [2.24, 2.45) is 0 Å². The summed E-state index contributed by atoms with van der Waals surface area (Å²) >= 11 is 4.93. The standard InChI is InChI=1S/C13H12BrNOS/c1-8-7-10(4-5-11(8)14)15-13(16)12-6-3-9(2)17-12/h3-7H,1-2H3,(H,15,16). The Morgan fingerprint density at radius 3 is 2.59 bits per heavy atom. The van der Waals surface area contributed by atoms with Crippen molar-refractivity contribution in [3.63, 3.8) is 0 Å². The summed E-state index contributed by atoms with van der Waals surface area (Å²) in [6.45, 7) is 3.99. The van der Waals surface area contributed by atoms with Gasteiger partial charge in [0.2, 0.25) is 0 Å². The van der Waals surface area contributed by atoms with E-state index >= 15 is 0 Å². The highest BCUT2D eigenvalue weighted by Crippen LogP contribution is 2.21. The molecule has 0 saturated carbocycles. The van der Waals surface area contributed by atoms with Gasteiger partial charge < -0.3 is 5.32 Å². The number of hydrogen-bond acceptors (Lipinski definition) is 2. The third-order valence-electron chi connectivity index (χ3n) is 2.38. The van der Waals surface area contributed by atoms with Crippen LogP contribution in [0.2, 0.25) is 0 Å². The summed E-state index contributed by atoms with van der Waals surface area (Å²) < 4.78 is 1.04. The minimum absolute atomic E-state index is 0.0511. The second kappa shape index (κ2) is 5.02. The minimum atomic E-state index is -0.0511. The smallest absolute Gasteiger partial charge is 0.265 e. The fraction of sp³-hybridized carbons (Fsp3) is 0.154. The van der Waals surface area contributed by atoms with Crippen LogP contribution in [0.1, 0.15) is 20.1 Å². The number of halogens is 1. The zero-order chi connectivity index (χ0) is 12.4. The third kappa shape index (κ3) is 2.96. The van der Waals surface area contributed by atoms with Crippen molar-refractivity contribution in [1.29, 1.82) is 0 Å². The summed E-state index contributed by atoms with van der Waals surface area (Å²) in [5, 5.41) is 2.89. The number of rotatable bonds is 2. The summed E-state index contributed by atoms with van der Waals surface area (Å²) in [4.78, 5) is 13.8. The predicted molar refractivity (Wildman–Crippen MR) is 75.9 cm³/mol. The molecule has 2 nitrogen and oxygen atoms in total. The maximum absolute atomic E-state index is 11.9. The molecule has 0 saturated heterocycles. The van der Waals surface area contributed by atoms with Crippen LogP contribution in [0.4, 0.5) is 5.69 Å². The Hall–Kier alpha value is -1.13. The van der Waals surface area contributed by atoms with Crippen molar-refractivity contribution in [3.8, 4) is 0 Å². The van der Waals surface area contributed by atoms with Crippen molar-refractivity contribution in [2.45, 2.75) is 13.8 Å². The molecule has 88 valence electrons. The molecule has 0 aliphatic heterocycles. The zero-order valence-electron chi connectivity index (χ0n) is 9.58.